The summed E-state index contributed by atoms with van der Waals surface area (Å²) >= 11 is 0. The molecule has 2 saturated carbocycles. The summed E-state index contributed by atoms with van der Waals surface area (Å²) in [5.41, 5.74) is -0.183. The summed E-state index contributed by atoms with van der Waals surface area (Å²) in [6, 6.07) is -0.530. The van der Waals surface area contributed by atoms with Gasteiger partial charge in [0.05, 0.1) is 0 Å². The lowest BCUT2D eigenvalue weighted by atomic mass is 9.46. The fraction of sp³-hybridized carbons (Fsp3) is 0.783. The molecule has 1 spiro atoms. The topological polar surface area (TPSA) is 105 Å². The second-order valence-electron chi connectivity index (χ2n) is 10.4. The molecule has 31 heavy (non-hydrogen) atoms. The molecule has 1 amide bonds. The molecule has 0 aromatic carbocycles. The van der Waals surface area contributed by atoms with Gasteiger partial charge in [-0.25, -0.2) is 9.59 Å². The number of nitrogens with one attached hydrogen (secondary N) is 1. The summed E-state index contributed by atoms with van der Waals surface area (Å²) in [6.07, 6.45) is 3.75. The van der Waals surface area contributed by atoms with Gasteiger partial charge < -0.3 is 24.8 Å². The number of ketones is 1. The van der Waals surface area contributed by atoms with Crippen LogP contribution in [-0.4, -0.2) is 59.6 Å². The summed E-state index contributed by atoms with van der Waals surface area (Å²) in [5, 5.41) is 11.8. The van der Waals surface area contributed by atoms with Gasteiger partial charge in [-0.3, -0.25) is 4.79 Å². The average Bonchev–Trinajstić information content (AvgIpc) is 3.07. The standard InChI is InChI=1S/C23H32N2O6/c1-11(2)18(21(27)28)24-22(29)30-16-7-4-12-10-14-13-5-6-15(26)20-23(13,8-9-25(14)3)17(12)19(16)31-20/h11-14,17-18,20H,4-10H2,1-3H3,(H,24,29)(H,27,28)/t12?,13?,14-,17?,18-,20?,23+/m1/s1. The van der Waals surface area contributed by atoms with Crippen molar-refractivity contribution in [1.82, 2.24) is 10.2 Å². The number of piperidine rings is 1. The molecule has 0 aromatic rings. The van der Waals surface area contributed by atoms with Gasteiger partial charge in [-0.05, 0) is 57.0 Å². The van der Waals surface area contributed by atoms with Gasteiger partial charge in [-0.1, -0.05) is 13.8 Å². The Kier molecular flexibility index (Phi) is 4.84. The van der Waals surface area contributed by atoms with E-state index >= 15 is 0 Å². The second kappa shape index (κ2) is 7.22. The predicted octanol–water partition coefficient (Wildman–Crippen LogP) is 2.53. The number of carbonyl (C=O) groups is 3. The first kappa shape index (κ1) is 20.8. The Morgan fingerprint density at radius 2 is 2.06 bits per heavy atom. The normalized spacial score (nSPS) is 39.6. The number of Topliss-reactive ketones (excluding diaryl/α,β-unsaturated/α-hetero) is 1. The summed E-state index contributed by atoms with van der Waals surface area (Å²) in [4.78, 5) is 39.4. The summed E-state index contributed by atoms with van der Waals surface area (Å²) < 4.78 is 12.0. The average molecular weight is 433 g/mol. The van der Waals surface area contributed by atoms with Crippen molar-refractivity contribution in [2.45, 2.75) is 70.6 Å². The Morgan fingerprint density at radius 3 is 2.77 bits per heavy atom. The van der Waals surface area contributed by atoms with E-state index in [1.54, 1.807) is 13.8 Å². The largest absolute Gasteiger partial charge is 0.483 e. The van der Waals surface area contributed by atoms with Crippen molar-refractivity contribution in [3.63, 3.8) is 0 Å². The maximum atomic E-state index is 12.9. The first-order valence-corrected chi connectivity index (χ1v) is 11.6. The van der Waals surface area contributed by atoms with E-state index in [0.29, 0.717) is 42.2 Å². The maximum absolute atomic E-state index is 12.9. The van der Waals surface area contributed by atoms with Gasteiger partial charge in [0, 0.05) is 30.2 Å². The summed E-state index contributed by atoms with van der Waals surface area (Å²) in [7, 11) is 2.20. The van der Waals surface area contributed by atoms with Crippen LogP contribution in [0.2, 0.25) is 0 Å². The van der Waals surface area contributed by atoms with Crippen molar-refractivity contribution in [2.24, 2.45) is 29.1 Å². The highest BCUT2D eigenvalue weighted by molar-refractivity contribution is 5.86. The fourth-order valence-electron chi connectivity index (χ4n) is 7.36. The van der Waals surface area contributed by atoms with Gasteiger partial charge in [0.2, 0.25) is 0 Å². The molecule has 170 valence electrons. The van der Waals surface area contributed by atoms with Crippen LogP contribution in [0.15, 0.2) is 11.5 Å². The Hall–Kier alpha value is -2.09. The molecule has 2 bridgehead atoms. The number of alkyl carbamates (subject to hydrolysis) is 1. The Bertz CT molecular complexity index is 853. The number of aliphatic carboxylic acids is 1. The van der Waals surface area contributed by atoms with Gasteiger partial charge >= 0.3 is 12.1 Å². The molecular weight excluding hydrogens is 400 g/mol. The molecule has 8 heteroatoms. The Morgan fingerprint density at radius 1 is 1.29 bits per heavy atom. The fourth-order valence-corrected chi connectivity index (χ4v) is 7.36. The number of ether oxygens (including phenoxy) is 2. The number of hydrogen-bond donors (Lipinski definition) is 2. The van der Waals surface area contributed by atoms with E-state index in [1.807, 2.05) is 0 Å². The van der Waals surface area contributed by atoms with Gasteiger partial charge in [-0.15, -0.1) is 0 Å². The van der Waals surface area contributed by atoms with Crippen LogP contribution in [0.25, 0.3) is 0 Å². The van der Waals surface area contributed by atoms with E-state index < -0.39 is 24.2 Å². The lowest BCUT2D eigenvalue weighted by molar-refractivity contribution is -0.161. The minimum absolute atomic E-state index is 0.119. The highest BCUT2D eigenvalue weighted by atomic mass is 16.6. The maximum Gasteiger partial charge on any atom is 0.413 e. The lowest BCUT2D eigenvalue weighted by Gasteiger charge is -2.61. The third kappa shape index (κ3) is 2.93. The number of carboxylic acid groups (broad SMARTS) is 1. The molecule has 2 aliphatic heterocycles. The first-order chi connectivity index (χ1) is 14.7. The molecule has 4 fully saturated rings. The zero-order valence-corrected chi connectivity index (χ0v) is 18.4. The van der Waals surface area contributed by atoms with Crippen molar-refractivity contribution in [3.05, 3.63) is 11.5 Å². The zero-order chi connectivity index (χ0) is 22.1. The number of carboxylic acids is 1. The van der Waals surface area contributed by atoms with Crippen LogP contribution in [-0.2, 0) is 19.1 Å². The lowest BCUT2D eigenvalue weighted by Crippen LogP contribution is -2.66. The molecule has 2 saturated heterocycles. The van der Waals surface area contributed by atoms with E-state index in [9.17, 15) is 19.5 Å². The number of hydrogen-bond acceptors (Lipinski definition) is 6. The van der Waals surface area contributed by atoms with E-state index in [-0.39, 0.29) is 23.0 Å². The molecule has 0 aromatic heterocycles. The molecule has 2 N–H and O–H groups in total. The summed E-state index contributed by atoms with van der Waals surface area (Å²) in [5.74, 6) is 0.968. The number of allylic oxidation sites excluding steroid dienone is 2. The zero-order valence-electron chi connectivity index (χ0n) is 18.4. The molecule has 0 radical (unpaired) electrons. The first-order valence-electron chi connectivity index (χ1n) is 11.6. The SMILES string of the molecule is CC(C)[C@@H](NC(=O)OC1=C2OC3C(=O)CCC4[C@H]5CC(CC1)C2[C@@]34CCN5C)C(=O)O. The number of amides is 1. The van der Waals surface area contributed by atoms with E-state index in [1.165, 1.54) is 0 Å². The number of likely N-dealkylation sites (tertiary alicyclic amines) is 1. The minimum Gasteiger partial charge on any atom is -0.483 e. The molecule has 2 heterocycles. The molecule has 5 rings (SSSR count). The van der Waals surface area contributed by atoms with Crippen molar-refractivity contribution < 1.29 is 29.0 Å². The van der Waals surface area contributed by atoms with Crippen LogP contribution in [0.1, 0.15) is 52.4 Å². The third-order valence-corrected chi connectivity index (χ3v) is 8.66. The van der Waals surface area contributed by atoms with Crippen molar-refractivity contribution >= 4 is 17.8 Å². The Labute approximate surface area is 182 Å². The van der Waals surface area contributed by atoms with Gasteiger partial charge in [0.1, 0.15) is 17.6 Å². The van der Waals surface area contributed by atoms with Crippen LogP contribution < -0.4 is 5.32 Å². The van der Waals surface area contributed by atoms with Crippen LogP contribution in [0.3, 0.4) is 0 Å². The van der Waals surface area contributed by atoms with Crippen molar-refractivity contribution in [3.8, 4) is 0 Å². The van der Waals surface area contributed by atoms with Gasteiger partial charge in [-0.2, -0.15) is 0 Å². The monoisotopic (exact) mass is 432 g/mol. The molecule has 3 aliphatic carbocycles. The highest BCUT2D eigenvalue weighted by Crippen LogP contribution is 2.68. The van der Waals surface area contributed by atoms with Gasteiger partial charge in [0.25, 0.3) is 0 Å². The van der Waals surface area contributed by atoms with E-state index in [2.05, 4.69) is 17.3 Å². The van der Waals surface area contributed by atoms with E-state index in [0.717, 1.165) is 32.2 Å². The molecular formula is C23H32N2O6. The second-order valence-corrected chi connectivity index (χ2v) is 10.4. The smallest absolute Gasteiger partial charge is 0.413 e. The van der Waals surface area contributed by atoms with Crippen LogP contribution in [0, 0.1) is 29.1 Å². The quantitative estimate of drug-likeness (QED) is 0.703. The Balaban J connectivity index is 1.46. The highest BCUT2D eigenvalue weighted by Gasteiger charge is 2.71. The minimum atomic E-state index is -1.09. The number of nitrogens with zero attached hydrogens (tertiary/aromatic N) is 1. The van der Waals surface area contributed by atoms with Crippen LogP contribution >= 0.6 is 0 Å². The summed E-state index contributed by atoms with van der Waals surface area (Å²) in [6.45, 7) is 4.43. The number of carbonyl (C=O) groups excluding carboxylic acids is 2. The third-order valence-electron chi connectivity index (χ3n) is 8.66. The van der Waals surface area contributed by atoms with Crippen LogP contribution in [0.4, 0.5) is 4.79 Å². The van der Waals surface area contributed by atoms with Crippen molar-refractivity contribution in [2.75, 3.05) is 13.6 Å². The molecule has 5 aliphatic rings. The molecule has 4 unspecified atom stereocenters. The predicted molar refractivity (Wildman–Crippen MR) is 110 cm³/mol. The van der Waals surface area contributed by atoms with E-state index in [4.69, 9.17) is 9.47 Å². The van der Waals surface area contributed by atoms with Crippen molar-refractivity contribution in [1.29, 1.82) is 0 Å². The molecule has 8 nitrogen and oxygen atoms in total. The van der Waals surface area contributed by atoms with Crippen LogP contribution in [0.5, 0.6) is 0 Å². The molecule has 7 atom stereocenters. The van der Waals surface area contributed by atoms with Gasteiger partial charge in [0.15, 0.2) is 11.9 Å². The number of rotatable bonds is 4.